The highest BCUT2D eigenvalue weighted by Gasteiger charge is 2.50. The second-order valence-electron chi connectivity index (χ2n) is 5.88. The molecule has 3 atom stereocenters. The van der Waals surface area contributed by atoms with Gasteiger partial charge in [0.2, 0.25) is 5.91 Å². The van der Waals surface area contributed by atoms with Gasteiger partial charge in [-0.1, -0.05) is 0 Å². The second kappa shape index (κ2) is 4.20. The predicted molar refractivity (Wildman–Crippen MR) is 63.8 cm³/mol. The number of hydrogen-bond donors (Lipinski definition) is 2. The molecule has 2 heterocycles. The molecule has 0 aliphatic carbocycles. The van der Waals surface area contributed by atoms with Crippen LogP contribution in [-0.4, -0.2) is 54.2 Å². The zero-order valence-electron chi connectivity index (χ0n) is 10.8. The van der Waals surface area contributed by atoms with Crippen LogP contribution >= 0.6 is 0 Å². The van der Waals surface area contributed by atoms with Gasteiger partial charge < -0.3 is 20.5 Å². The Kier molecular flexibility index (Phi) is 3.11. The van der Waals surface area contributed by atoms with E-state index in [2.05, 4.69) is 0 Å². The van der Waals surface area contributed by atoms with Gasteiger partial charge in [0.1, 0.15) is 0 Å². The van der Waals surface area contributed by atoms with Crippen molar-refractivity contribution in [1.29, 1.82) is 0 Å². The molecule has 2 aliphatic rings. The molecule has 3 N–H and O–H groups in total. The van der Waals surface area contributed by atoms with E-state index in [1.165, 1.54) is 0 Å². The fraction of sp³-hybridized carbons (Fsp3) is 0.833. The van der Waals surface area contributed by atoms with Crippen molar-refractivity contribution in [3.8, 4) is 0 Å². The van der Waals surface area contributed by atoms with E-state index >= 15 is 0 Å². The summed E-state index contributed by atoms with van der Waals surface area (Å²) in [5, 5.41) is 9.17. The van der Waals surface area contributed by atoms with Gasteiger partial charge in [-0.15, -0.1) is 0 Å². The lowest BCUT2D eigenvalue weighted by atomic mass is 9.84. The number of rotatable bonds is 2. The number of ether oxygens (including phenoxy) is 1. The molecule has 6 nitrogen and oxygen atoms in total. The van der Waals surface area contributed by atoms with Crippen molar-refractivity contribution in [2.45, 2.75) is 26.3 Å². The summed E-state index contributed by atoms with van der Waals surface area (Å²) in [5.74, 6) is -0.938. The summed E-state index contributed by atoms with van der Waals surface area (Å²) in [6, 6.07) is -0.318. The molecule has 0 aromatic rings. The van der Waals surface area contributed by atoms with Gasteiger partial charge in [0.25, 0.3) is 0 Å². The maximum atomic E-state index is 12.5. The number of amides is 1. The monoisotopic (exact) mass is 256 g/mol. The first kappa shape index (κ1) is 13.3. The van der Waals surface area contributed by atoms with E-state index in [0.29, 0.717) is 26.2 Å². The number of likely N-dealkylation sites (tertiary alicyclic amines) is 1. The van der Waals surface area contributed by atoms with Crippen LogP contribution in [0.2, 0.25) is 0 Å². The van der Waals surface area contributed by atoms with Crippen molar-refractivity contribution in [1.82, 2.24) is 4.90 Å². The Morgan fingerprint density at radius 2 is 2.11 bits per heavy atom. The van der Waals surface area contributed by atoms with Gasteiger partial charge in [-0.3, -0.25) is 9.59 Å². The molecule has 0 bridgehead atoms. The van der Waals surface area contributed by atoms with Crippen molar-refractivity contribution in [3.63, 3.8) is 0 Å². The van der Waals surface area contributed by atoms with Crippen LogP contribution in [0.25, 0.3) is 0 Å². The normalized spacial score (nSPS) is 40.2. The number of carboxylic acids is 1. The third-order valence-electron chi connectivity index (χ3n) is 4.28. The molecule has 6 heteroatoms. The third kappa shape index (κ3) is 1.89. The van der Waals surface area contributed by atoms with E-state index in [0.717, 1.165) is 0 Å². The van der Waals surface area contributed by atoms with Crippen LogP contribution in [0.3, 0.4) is 0 Å². The van der Waals surface area contributed by atoms with Crippen LogP contribution in [0.4, 0.5) is 0 Å². The third-order valence-corrected chi connectivity index (χ3v) is 4.28. The van der Waals surface area contributed by atoms with Gasteiger partial charge >= 0.3 is 5.97 Å². The molecule has 2 saturated heterocycles. The van der Waals surface area contributed by atoms with E-state index < -0.39 is 16.8 Å². The molecular formula is C12H20N2O4. The summed E-state index contributed by atoms with van der Waals surface area (Å²) in [5.41, 5.74) is 4.36. The van der Waals surface area contributed by atoms with Crippen LogP contribution in [-0.2, 0) is 14.3 Å². The Labute approximate surface area is 106 Å². The standard InChI is InChI=1S/C12H20N2O4/c1-11(10(16)17)3-4-14(6-11)9(15)12(2)7-18-5-8(12)13/h8H,3-7,13H2,1-2H3,(H,16,17). The number of hydrogen-bond acceptors (Lipinski definition) is 4. The summed E-state index contributed by atoms with van der Waals surface area (Å²) in [4.78, 5) is 25.2. The molecule has 1 amide bonds. The van der Waals surface area contributed by atoms with Gasteiger partial charge in [0, 0.05) is 19.1 Å². The summed E-state index contributed by atoms with van der Waals surface area (Å²) in [7, 11) is 0. The van der Waals surface area contributed by atoms with Gasteiger partial charge in [-0.05, 0) is 20.3 Å². The SMILES string of the molecule is CC1(C(=O)O)CCN(C(=O)C2(C)COCC2N)C1. The first-order valence-corrected chi connectivity index (χ1v) is 6.16. The van der Waals surface area contributed by atoms with Crippen molar-refractivity contribution >= 4 is 11.9 Å². The van der Waals surface area contributed by atoms with Crippen molar-refractivity contribution in [3.05, 3.63) is 0 Å². The van der Waals surface area contributed by atoms with Crippen molar-refractivity contribution in [2.24, 2.45) is 16.6 Å². The van der Waals surface area contributed by atoms with Gasteiger partial charge in [0.15, 0.2) is 0 Å². The number of carboxylic acid groups (broad SMARTS) is 1. The fourth-order valence-corrected chi connectivity index (χ4v) is 2.58. The highest BCUT2D eigenvalue weighted by atomic mass is 16.5. The highest BCUT2D eigenvalue weighted by molar-refractivity contribution is 5.85. The predicted octanol–water partition coefficient (Wildman–Crippen LogP) is -0.327. The summed E-state index contributed by atoms with van der Waals surface area (Å²) in [6.07, 6.45) is 0.486. The fourth-order valence-electron chi connectivity index (χ4n) is 2.58. The van der Waals surface area contributed by atoms with Crippen LogP contribution < -0.4 is 5.73 Å². The Morgan fingerprint density at radius 1 is 1.44 bits per heavy atom. The number of carbonyl (C=O) groups is 2. The zero-order valence-corrected chi connectivity index (χ0v) is 10.8. The average molecular weight is 256 g/mol. The lowest BCUT2D eigenvalue weighted by molar-refractivity contribution is -0.148. The summed E-state index contributed by atoms with van der Waals surface area (Å²) < 4.78 is 5.26. The number of nitrogens with zero attached hydrogens (tertiary/aromatic N) is 1. The minimum atomic E-state index is -0.852. The van der Waals surface area contributed by atoms with E-state index in [-0.39, 0.29) is 18.5 Å². The van der Waals surface area contributed by atoms with E-state index in [1.807, 2.05) is 0 Å². The second-order valence-corrected chi connectivity index (χ2v) is 5.88. The topological polar surface area (TPSA) is 92.9 Å². The van der Waals surface area contributed by atoms with E-state index in [9.17, 15) is 9.59 Å². The maximum absolute atomic E-state index is 12.5. The zero-order chi connectivity index (χ0) is 13.6. The lowest BCUT2D eigenvalue weighted by Gasteiger charge is -2.31. The maximum Gasteiger partial charge on any atom is 0.311 e. The minimum Gasteiger partial charge on any atom is -0.481 e. The first-order chi connectivity index (χ1) is 8.29. The highest BCUT2D eigenvalue weighted by Crippen LogP contribution is 2.35. The first-order valence-electron chi connectivity index (χ1n) is 6.16. The Balaban J connectivity index is 2.10. The Morgan fingerprint density at radius 3 is 2.56 bits per heavy atom. The molecular weight excluding hydrogens is 236 g/mol. The molecule has 2 rings (SSSR count). The molecule has 0 spiro atoms. The van der Waals surface area contributed by atoms with Crippen LogP contribution in [0.5, 0.6) is 0 Å². The molecule has 102 valence electrons. The molecule has 0 aromatic carbocycles. The average Bonchev–Trinajstić information content (AvgIpc) is 2.85. The van der Waals surface area contributed by atoms with Gasteiger partial charge in [-0.25, -0.2) is 0 Å². The number of carbonyl (C=O) groups excluding carboxylic acids is 1. The van der Waals surface area contributed by atoms with E-state index in [4.69, 9.17) is 15.6 Å². The molecule has 3 unspecified atom stereocenters. The quantitative estimate of drug-likeness (QED) is 0.706. The molecule has 0 saturated carbocycles. The Bertz CT molecular complexity index is 386. The number of nitrogens with two attached hydrogens (primary N) is 1. The molecule has 0 aromatic heterocycles. The molecule has 2 aliphatic heterocycles. The van der Waals surface area contributed by atoms with Gasteiger partial charge in [0.05, 0.1) is 24.0 Å². The van der Waals surface area contributed by atoms with Crippen LogP contribution in [0.15, 0.2) is 0 Å². The van der Waals surface area contributed by atoms with Crippen molar-refractivity contribution < 1.29 is 19.4 Å². The molecule has 18 heavy (non-hydrogen) atoms. The summed E-state index contributed by atoms with van der Waals surface area (Å²) >= 11 is 0. The van der Waals surface area contributed by atoms with Crippen LogP contribution in [0.1, 0.15) is 20.3 Å². The van der Waals surface area contributed by atoms with Gasteiger partial charge in [-0.2, -0.15) is 0 Å². The smallest absolute Gasteiger partial charge is 0.311 e. The largest absolute Gasteiger partial charge is 0.481 e. The Hall–Kier alpha value is -1.14. The molecule has 2 fully saturated rings. The summed E-state index contributed by atoms with van der Waals surface area (Å²) in [6.45, 7) is 4.90. The van der Waals surface area contributed by atoms with Crippen LogP contribution in [0, 0.1) is 10.8 Å². The lowest BCUT2D eigenvalue weighted by Crippen LogP contribution is -2.51. The van der Waals surface area contributed by atoms with Crippen molar-refractivity contribution in [2.75, 3.05) is 26.3 Å². The minimum absolute atomic E-state index is 0.0857. The number of aliphatic carboxylic acids is 1. The molecule has 0 radical (unpaired) electrons. The van der Waals surface area contributed by atoms with E-state index in [1.54, 1.807) is 18.7 Å².